The monoisotopic (exact) mass is 335 g/mol. The maximum absolute atomic E-state index is 3.75. The summed E-state index contributed by atoms with van der Waals surface area (Å²) in [5.74, 6) is 1.83. The van der Waals surface area contributed by atoms with E-state index in [0.717, 1.165) is 17.9 Å². The molecule has 1 aromatic carbocycles. The lowest BCUT2D eigenvalue weighted by molar-refractivity contribution is 0.287. The highest BCUT2D eigenvalue weighted by Gasteiger charge is 2.29. The van der Waals surface area contributed by atoms with E-state index in [1.54, 1.807) is 0 Å². The fraction of sp³-hybridized carbons (Fsp3) is 0.667. The van der Waals surface area contributed by atoms with Crippen LogP contribution < -0.4 is 5.32 Å². The van der Waals surface area contributed by atoms with Crippen LogP contribution >= 0.6 is 15.9 Å². The Balaban J connectivity index is 1.30. The summed E-state index contributed by atoms with van der Waals surface area (Å²) >= 11 is 3.57. The van der Waals surface area contributed by atoms with Gasteiger partial charge in [0.25, 0.3) is 0 Å². The van der Waals surface area contributed by atoms with Crippen LogP contribution in [0.2, 0.25) is 0 Å². The third kappa shape index (κ3) is 3.85. The molecule has 3 rings (SSSR count). The molecular formula is C18H26BrN. The number of nitrogens with one attached hydrogen (secondary N) is 1. The second-order valence-corrected chi connectivity index (χ2v) is 7.58. The Morgan fingerprint density at radius 3 is 2.70 bits per heavy atom. The number of hydrogen-bond donors (Lipinski definition) is 1. The summed E-state index contributed by atoms with van der Waals surface area (Å²) in [4.78, 5) is 0. The summed E-state index contributed by atoms with van der Waals surface area (Å²) in [6.07, 6.45) is 11.4. The molecule has 0 aliphatic heterocycles. The largest absolute Gasteiger partial charge is 0.314 e. The molecule has 110 valence electrons. The minimum atomic E-state index is 0.766. The number of rotatable bonds is 6. The lowest BCUT2D eigenvalue weighted by Gasteiger charge is -2.36. The maximum atomic E-state index is 3.75. The highest BCUT2D eigenvalue weighted by Crippen LogP contribution is 2.37. The third-order valence-electron chi connectivity index (χ3n) is 5.16. The van der Waals surface area contributed by atoms with Crippen molar-refractivity contribution in [2.45, 2.75) is 63.3 Å². The molecule has 0 atom stereocenters. The van der Waals surface area contributed by atoms with E-state index in [-0.39, 0.29) is 0 Å². The van der Waals surface area contributed by atoms with Crippen molar-refractivity contribution in [1.29, 1.82) is 0 Å². The highest BCUT2D eigenvalue weighted by atomic mass is 79.9. The van der Waals surface area contributed by atoms with Crippen molar-refractivity contribution in [2.24, 2.45) is 5.92 Å². The van der Waals surface area contributed by atoms with Gasteiger partial charge in [-0.05, 0) is 61.8 Å². The number of halogens is 1. The maximum Gasteiger partial charge on any atom is 0.0178 e. The highest BCUT2D eigenvalue weighted by molar-refractivity contribution is 9.10. The first-order valence-electron chi connectivity index (χ1n) is 8.30. The molecule has 0 bridgehead atoms. The van der Waals surface area contributed by atoms with Crippen LogP contribution in [0.25, 0.3) is 0 Å². The molecule has 0 radical (unpaired) electrons. The van der Waals surface area contributed by atoms with Gasteiger partial charge >= 0.3 is 0 Å². The smallest absolute Gasteiger partial charge is 0.0178 e. The molecule has 1 nitrogen and oxygen atoms in total. The van der Waals surface area contributed by atoms with Crippen LogP contribution in [0.15, 0.2) is 28.7 Å². The average Bonchev–Trinajstić information content (AvgIpc) is 2.89. The Morgan fingerprint density at radius 1 is 1.15 bits per heavy atom. The molecule has 2 heteroatoms. The summed E-state index contributed by atoms with van der Waals surface area (Å²) in [5.41, 5.74) is 1.50. The van der Waals surface area contributed by atoms with Crippen LogP contribution in [0.3, 0.4) is 0 Å². The van der Waals surface area contributed by atoms with Crippen LogP contribution in [0.4, 0.5) is 0 Å². The minimum Gasteiger partial charge on any atom is -0.314 e. The number of hydrogen-bond acceptors (Lipinski definition) is 1. The van der Waals surface area contributed by atoms with Crippen molar-refractivity contribution in [3.8, 4) is 0 Å². The Kier molecular flexibility index (Phi) is 5.17. The van der Waals surface area contributed by atoms with Crippen molar-refractivity contribution in [2.75, 3.05) is 6.54 Å². The average molecular weight is 336 g/mol. The Bertz CT molecular complexity index is 419. The van der Waals surface area contributed by atoms with Crippen LogP contribution in [0.1, 0.15) is 62.8 Å². The Hall–Kier alpha value is -0.340. The van der Waals surface area contributed by atoms with E-state index < -0.39 is 0 Å². The molecule has 20 heavy (non-hydrogen) atoms. The van der Waals surface area contributed by atoms with E-state index in [1.165, 1.54) is 67.9 Å². The summed E-state index contributed by atoms with van der Waals surface area (Å²) in [6, 6.07) is 9.58. The zero-order chi connectivity index (χ0) is 13.8. The van der Waals surface area contributed by atoms with Crippen molar-refractivity contribution >= 4 is 15.9 Å². The standard InChI is InChI=1S/C18H26BrN/c19-17-9-3-8-15(11-17)16-12-18(13-16)20-10-4-7-14-5-1-2-6-14/h3,8-9,11,14,16,18,20H,1-2,4-7,10,12-13H2. The zero-order valence-corrected chi connectivity index (χ0v) is 13.9. The van der Waals surface area contributed by atoms with Crippen LogP contribution in [-0.2, 0) is 0 Å². The molecule has 0 unspecified atom stereocenters. The first-order valence-corrected chi connectivity index (χ1v) is 9.09. The minimum absolute atomic E-state index is 0.766. The van der Waals surface area contributed by atoms with Crippen molar-refractivity contribution in [3.05, 3.63) is 34.3 Å². The van der Waals surface area contributed by atoms with E-state index in [0.29, 0.717) is 0 Å². The molecule has 2 aliphatic rings. The second-order valence-electron chi connectivity index (χ2n) is 6.67. The summed E-state index contributed by atoms with van der Waals surface area (Å²) in [6.45, 7) is 1.23. The van der Waals surface area contributed by atoms with Gasteiger partial charge in [0.2, 0.25) is 0 Å². The van der Waals surface area contributed by atoms with Gasteiger partial charge in [-0.3, -0.25) is 0 Å². The van der Waals surface area contributed by atoms with E-state index in [4.69, 9.17) is 0 Å². The van der Waals surface area contributed by atoms with Crippen LogP contribution in [0, 0.1) is 5.92 Å². The molecule has 0 aromatic heterocycles. The van der Waals surface area contributed by atoms with E-state index in [9.17, 15) is 0 Å². The fourth-order valence-electron chi connectivity index (χ4n) is 3.81. The van der Waals surface area contributed by atoms with E-state index in [2.05, 4.69) is 45.5 Å². The van der Waals surface area contributed by atoms with Gasteiger partial charge in [-0.15, -0.1) is 0 Å². The fourth-order valence-corrected chi connectivity index (χ4v) is 4.23. The van der Waals surface area contributed by atoms with Crippen LogP contribution in [-0.4, -0.2) is 12.6 Å². The molecular weight excluding hydrogens is 310 g/mol. The molecule has 1 N–H and O–H groups in total. The van der Waals surface area contributed by atoms with Crippen molar-refractivity contribution in [3.63, 3.8) is 0 Å². The molecule has 2 fully saturated rings. The molecule has 0 spiro atoms. The molecule has 0 saturated heterocycles. The van der Waals surface area contributed by atoms with E-state index >= 15 is 0 Å². The van der Waals surface area contributed by atoms with Crippen molar-refractivity contribution < 1.29 is 0 Å². The zero-order valence-electron chi connectivity index (χ0n) is 12.3. The van der Waals surface area contributed by atoms with E-state index in [1.807, 2.05) is 0 Å². The first-order chi connectivity index (χ1) is 9.81. The predicted molar refractivity (Wildman–Crippen MR) is 89.1 cm³/mol. The summed E-state index contributed by atoms with van der Waals surface area (Å²) < 4.78 is 1.21. The Morgan fingerprint density at radius 2 is 1.95 bits per heavy atom. The molecule has 2 aliphatic carbocycles. The molecule has 1 aromatic rings. The van der Waals surface area contributed by atoms with Gasteiger partial charge in [0.1, 0.15) is 0 Å². The summed E-state index contributed by atoms with van der Waals surface area (Å²) in [5, 5.41) is 3.75. The lowest BCUT2D eigenvalue weighted by Crippen LogP contribution is -2.40. The molecule has 2 saturated carbocycles. The topological polar surface area (TPSA) is 12.0 Å². The van der Waals surface area contributed by atoms with Gasteiger partial charge in [0, 0.05) is 10.5 Å². The number of benzene rings is 1. The molecule has 0 amide bonds. The quantitative estimate of drug-likeness (QED) is 0.699. The lowest BCUT2D eigenvalue weighted by atomic mass is 9.76. The third-order valence-corrected chi connectivity index (χ3v) is 5.65. The second kappa shape index (κ2) is 7.09. The SMILES string of the molecule is Brc1cccc(C2CC(NCCCC3CCCC3)C2)c1. The normalized spacial score (nSPS) is 26.6. The molecule has 0 heterocycles. The van der Waals surface area contributed by atoms with Gasteiger partial charge in [-0.25, -0.2) is 0 Å². The van der Waals surface area contributed by atoms with Crippen molar-refractivity contribution in [1.82, 2.24) is 5.32 Å². The van der Waals surface area contributed by atoms with Gasteiger partial charge in [-0.2, -0.15) is 0 Å². The van der Waals surface area contributed by atoms with Gasteiger partial charge in [0.05, 0.1) is 0 Å². The Labute approximate surface area is 131 Å². The predicted octanol–water partition coefficient (Wildman–Crippen LogP) is 5.26. The van der Waals surface area contributed by atoms with Gasteiger partial charge < -0.3 is 5.32 Å². The van der Waals surface area contributed by atoms with Crippen LogP contribution in [0.5, 0.6) is 0 Å². The first kappa shape index (κ1) is 14.6. The van der Waals surface area contributed by atoms with Gasteiger partial charge in [-0.1, -0.05) is 53.7 Å². The van der Waals surface area contributed by atoms with Gasteiger partial charge in [0.15, 0.2) is 0 Å². The summed E-state index contributed by atoms with van der Waals surface area (Å²) in [7, 11) is 0.